The molecule has 2 aliphatic rings. The van der Waals surface area contributed by atoms with Crippen LogP contribution in [0.15, 0.2) is 30.3 Å². The number of ether oxygens (including phenoxy) is 1. The molecule has 1 spiro atoms. The van der Waals surface area contributed by atoms with E-state index < -0.39 is 5.60 Å². The van der Waals surface area contributed by atoms with E-state index in [1.54, 1.807) is 4.90 Å². The third-order valence-electron chi connectivity index (χ3n) is 5.20. The molecule has 5 heteroatoms. The first kappa shape index (κ1) is 17.8. The second kappa shape index (κ2) is 6.36. The van der Waals surface area contributed by atoms with E-state index in [4.69, 9.17) is 4.74 Å². The van der Waals surface area contributed by atoms with Crippen molar-refractivity contribution in [3.05, 3.63) is 35.9 Å². The van der Waals surface area contributed by atoms with Gasteiger partial charge < -0.3 is 15.0 Å². The minimum Gasteiger partial charge on any atom is -0.444 e. The molecule has 1 aliphatic heterocycles. The molecule has 5 nitrogen and oxygen atoms in total. The number of hydrogen-bond acceptors (Lipinski definition) is 3. The summed E-state index contributed by atoms with van der Waals surface area (Å²) in [6.07, 6.45) is 1.47. The Kier molecular flexibility index (Phi) is 4.52. The molecule has 2 amide bonds. The summed E-state index contributed by atoms with van der Waals surface area (Å²) < 4.78 is 5.45. The summed E-state index contributed by atoms with van der Waals surface area (Å²) in [6.45, 7) is 8.91. The van der Waals surface area contributed by atoms with Crippen LogP contribution in [0.3, 0.4) is 0 Å². The Morgan fingerprint density at radius 1 is 1.28 bits per heavy atom. The zero-order valence-electron chi connectivity index (χ0n) is 15.5. The lowest BCUT2D eigenvalue weighted by atomic mass is 10.0. The maximum absolute atomic E-state index is 12.6. The number of carbonyl (C=O) groups excluding carboxylic acids is 2. The summed E-state index contributed by atoms with van der Waals surface area (Å²) in [5.41, 5.74) is 0.572. The summed E-state index contributed by atoms with van der Waals surface area (Å²) in [5.74, 6) is 0.105. The predicted octanol–water partition coefficient (Wildman–Crippen LogP) is 3.51. The fraction of sp³-hybridized carbons (Fsp3) is 0.600. The minimum absolute atomic E-state index is 0.00490. The minimum atomic E-state index is -0.488. The number of hydrogen-bond donors (Lipinski definition) is 1. The largest absolute Gasteiger partial charge is 0.444 e. The van der Waals surface area contributed by atoms with Crippen LogP contribution in [0.25, 0.3) is 0 Å². The van der Waals surface area contributed by atoms with Crippen LogP contribution in [0.2, 0.25) is 0 Å². The molecule has 2 fully saturated rings. The average molecular weight is 344 g/mol. The number of amides is 2. The molecule has 1 N–H and O–H groups in total. The molecule has 2 unspecified atom stereocenters. The molecule has 1 aromatic rings. The van der Waals surface area contributed by atoms with Crippen LogP contribution in [-0.4, -0.2) is 35.6 Å². The Bertz CT molecular complexity index is 653. The summed E-state index contributed by atoms with van der Waals surface area (Å²) in [4.78, 5) is 26.6. The van der Waals surface area contributed by atoms with Crippen molar-refractivity contribution >= 4 is 12.0 Å². The molecular weight excluding hydrogens is 316 g/mol. The average Bonchev–Trinajstić information content (AvgIpc) is 3.06. The van der Waals surface area contributed by atoms with Crippen LogP contribution in [0.4, 0.5) is 4.79 Å². The zero-order chi connectivity index (χ0) is 18.2. The maximum Gasteiger partial charge on any atom is 0.410 e. The normalized spacial score (nSPS) is 26.4. The number of nitrogens with zero attached hydrogens (tertiary/aromatic N) is 1. The molecule has 25 heavy (non-hydrogen) atoms. The van der Waals surface area contributed by atoms with Crippen molar-refractivity contribution in [2.45, 2.75) is 52.2 Å². The van der Waals surface area contributed by atoms with Crippen LogP contribution in [0.1, 0.15) is 52.1 Å². The maximum atomic E-state index is 12.6. The first-order valence-corrected chi connectivity index (χ1v) is 9.03. The van der Waals surface area contributed by atoms with Gasteiger partial charge in [0.1, 0.15) is 5.60 Å². The molecule has 1 saturated heterocycles. The van der Waals surface area contributed by atoms with Gasteiger partial charge in [-0.25, -0.2) is 4.79 Å². The highest BCUT2D eigenvalue weighted by atomic mass is 16.6. The van der Waals surface area contributed by atoms with Gasteiger partial charge in [-0.3, -0.25) is 4.79 Å². The molecule has 1 saturated carbocycles. The molecule has 136 valence electrons. The Morgan fingerprint density at radius 2 is 1.96 bits per heavy atom. The Balaban J connectivity index is 1.54. The zero-order valence-corrected chi connectivity index (χ0v) is 15.5. The summed E-state index contributed by atoms with van der Waals surface area (Å²) in [5, 5.41) is 3.12. The first-order valence-electron chi connectivity index (χ1n) is 9.03. The van der Waals surface area contributed by atoms with Crippen molar-refractivity contribution in [2.75, 3.05) is 13.1 Å². The number of rotatable bonds is 3. The van der Waals surface area contributed by atoms with E-state index >= 15 is 0 Å². The van der Waals surface area contributed by atoms with Gasteiger partial charge in [-0.2, -0.15) is 0 Å². The number of likely N-dealkylation sites (tertiary alicyclic amines) is 1. The summed E-state index contributed by atoms with van der Waals surface area (Å²) in [7, 11) is 0. The Hall–Kier alpha value is -2.04. The van der Waals surface area contributed by atoms with Crippen LogP contribution in [0.5, 0.6) is 0 Å². The highest BCUT2D eigenvalue weighted by Gasteiger charge is 2.61. The number of carbonyl (C=O) groups is 2. The van der Waals surface area contributed by atoms with Crippen molar-refractivity contribution in [3.8, 4) is 0 Å². The van der Waals surface area contributed by atoms with Gasteiger partial charge in [-0.1, -0.05) is 30.3 Å². The third kappa shape index (κ3) is 3.97. The van der Waals surface area contributed by atoms with Gasteiger partial charge in [-0.05, 0) is 46.1 Å². The highest BCUT2D eigenvalue weighted by molar-refractivity contribution is 5.83. The molecule has 0 radical (unpaired) electrons. The summed E-state index contributed by atoms with van der Waals surface area (Å²) in [6, 6.07) is 9.96. The fourth-order valence-corrected chi connectivity index (χ4v) is 3.69. The first-order chi connectivity index (χ1) is 11.7. The highest BCUT2D eigenvalue weighted by Crippen LogP contribution is 2.58. The van der Waals surface area contributed by atoms with Gasteiger partial charge in [0.2, 0.25) is 5.91 Å². The van der Waals surface area contributed by atoms with Crippen LogP contribution in [0, 0.1) is 11.3 Å². The van der Waals surface area contributed by atoms with Gasteiger partial charge in [-0.15, -0.1) is 0 Å². The molecular formula is C20H28N2O3. The SMILES string of the molecule is C[C@@H](NC(=O)C1CC12CCN(C(=O)OC(C)(C)C)C2)c1ccccc1. The lowest BCUT2D eigenvalue weighted by molar-refractivity contribution is -0.123. The van der Waals surface area contributed by atoms with Crippen molar-refractivity contribution in [2.24, 2.45) is 11.3 Å². The molecule has 0 bridgehead atoms. The lowest BCUT2D eigenvalue weighted by Crippen LogP contribution is -2.36. The molecule has 1 heterocycles. The monoisotopic (exact) mass is 344 g/mol. The van der Waals surface area contributed by atoms with E-state index in [2.05, 4.69) is 5.32 Å². The van der Waals surface area contributed by atoms with Gasteiger partial charge in [0.25, 0.3) is 0 Å². The van der Waals surface area contributed by atoms with Crippen molar-refractivity contribution < 1.29 is 14.3 Å². The van der Waals surface area contributed by atoms with Crippen LogP contribution in [-0.2, 0) is 9.53 Å². The van der Waals surface area contributed by atoms with Crippen molar-refractivity contribution in [1.82, 2.24) is 10.2 Å². The fourth-order valence-electron chi connectivity index (χ4n) is 3.69. The van der Waals surface area contributed by atoms with Gasteiger partial charge in [0, 0.05) is 24.4 Å². The van der Waals surface area contributed by atoms with Gasteiger partial charge in [0.15, 0.2) is 0 Å². The van der Waals surface area contributed by atoms with E-state index in [1.807, 2.05) is 58.0 Å². The Labute approximate surface area is 149 Å². The van der Waals surface area contributed by atoms with E-state index in [1.165, 1.54) is 0 Å². The molecule has 1 aromatic carbocycles. The third-order valence-corrected chi connectivity index (χ3v) is 5.20. The molecule has 3 atom stereocenters. The van der Waals surface area contributed by atoms with Crippen LogP contribution < -0.4 is 5.32 Å². The molecule has 0 aromatic heterocycles. The van der Waals surface area contributed by atoms with E-state index in [0.29, 0.717) is 13.1 Å². The standard InChI is InChI=1S/C20H28N2O3/c1-14(15-8-6-5-7-9-15)21-17(23)16-12-20(16)10-11-22(13-20)18(24)25-19(2,3)4/h5-9,14,16H,10-13H2,1-4H3,(H,21,23)/t14-,16?,20?/m1/s1. The quantitative estimate of drug-likeness (QED) is 0.913. The lowest BCUT2D eigenvalue weighted by Gasteiger charge is -2.24. The van der Waals surface area contributed by atoms with E-state index in [9.17, 15) is 9.59 Å². The summed E-state index contributed by atoms with van der Waals surface area (Å²) >= 11 is 0. The smallest absolute Gasteiger partial charge is 0.410 e. The van der Waals surface area contributed by atoms with Gasteiger partial charge in [0.05, 0.1) is 6.04 Å². The van der Waals surface area contributed by atoms with Crippen LogP contribution >= 0.6 is 0 Å². The predicted molar refractivity (Wildman–Crippen MR) is 96.0 cm³/mol. The van der Waals surface area contributed by atoms with Crippen molar-refractivity contribution in [1.29, 1.82) is 0 Å². The number of benzene rings is 1. The van der Waals surface area contributed by atoms with E-state index in [-0.39, 0.29) is 29.4 Å². The second-order valence-corrected chi connectivity index (χ2v) is 8.41. The topological polar surface area (TPSA) is 58.6 Å². The van der Waals surface area contributed by atoms with Crippen molar-refractivity contribution in [3.63, 3.8) is 0 Å². The molecule has 1 aliphatic carbocycles. The molecule has 3 rings (SSSR count). The van der Waals surface area contributed by atoms with E-state index in [0.717, 1.165) is 18.4 Å². The number of nitrogens with one attached hydrogen (secondary N) is 1. The Morgan fingerprint density at radius 3 is 2.60 bits per heavy atom. The second-order valence-electron chi connectivity index (χ2n) is 8.41. The van der Waals surface area contributed by atoms with Gasteiger partial charge >= 0.3 is 6.09 Å².